The Balaban J connectivity index is 1.39. The van der Waals surface area contributed by atoms with Gasteiger partial charge in [0.25, 0.3) is 0 Å². The Morgan fingerprint density at radius 2 is 1.84 bits per heavy atom. The SMILES string of the molecule is CCCOc1c(C)cc(-c2cc3c(cc2F)[C@H](NC(=O)O[C@@H]2CN4CCC2CC4)C(C)(C)CC3)cc1C. The number of carbonyl (C=O) groups excluding carboxylic acids is 1. The number of hydrogen-bond donors (Lipinski definition) is 1. The zero-order valence-corrected chi connectivity index (χ0v) is 23.0. The van der Waals surface area contributed by atoms with E-state index in [1.807, 2.05) is 32.0 Å². The van der Waals surface area contributed by atoms with Crippen LogP contribution in [0.15, 0.2) is 24.3 Å². The summed E-state index contributed by atoms with van der Waals surface area (Å²) in [6.45, 7) is 14.1. The highest BCUT2D eigenvalue weighted by Gasteiger charge is 2.40. The van der Waals surface area contributed by atoms with Crippen LogP contribution in [0.25, 0.3) is 11.1 Å². The summed E-state index contributed by atoms with van der Waals surface area (Å²) in [5.41, 5.74) is 5.22. The second kappa shape index (κ2) is 10.3. The molecule has 6 rings (SSSR count). The number of benzene rings is 2. The first-order chi connectivity index (χ1) is 17.7. The van der Waals surface area contributed by atoms with Crippen LogP contribution in [-0.4, -0.2) is 43.3 Å². The summed E-state index contributed by atoms with van der Waals surface area (Å²) in [6, 6.07) is 7.33. The molecule has 0 saturated carbocycles. The molecule has 3 aliphatic heterocycles. The van der Waals surface area contributed by atoms with Gasteiger partial charge in [-0.1, -0.05) is 20.8 Å². The molecule has 0 unspecified atom stereocenters. The van der Waals surface area contributed by atoms with E-state index in [2.05, 4.69) is 31.0 Å². The number of rotatable bonds is 6. The highest BCUT2D eigenvalue weighted by atomic mass is 19.1. The molecule has 2 atom stereocenters. The Morgan fingerprint density at radius 3 is 2.46 bits per heavy atom. The minimum atomic E-state index is -0.386. The van der Waals surface area contributed by atoms with Gasteiger partial charge in [-0.05, 0) is 122 Å². The first kappa shape index (κ1) is 26.0. The maximum absolute atomic E-state index is 15.7. The largest absolute Gasteiger partial charge is 0.493 e. The first-order valence-corrected chi connectivity index (χ1v) is 13.9. The smallest absolute Gasteiger partial charge is 0.407 e. The fourth-order valence-electron chi connectivity index (χ4n) is 6.51. The second-order valence-corrected chi connectivity index (χ2v) is 12.0. The quantitative estimate of drug-likeness (QED) is 0.470. The number of ether oxygens (including phenoxy) is 2. The maximum atomic E-state index is 15.7. The van der Waals surface area contributed by atoms with E-state index in [1.165, 1.54) is 0 Å². The van der Waals surface area contributed by atoms with Gasteiger partial charge in [-0.3, -0.25) is 4.90 Å². The molecule has 2 aromatic rings. The number of fused-ring (bicyclic) bond motifs is 4. The van der Waals surface area contributed by atoms with E-state index in [-0.39, 0.29) is 29.5 Å². The van der Waals surface area contributed by atoms with Crippen LogP contribution in [-0.2, 0) is 11.2 Å². The molecule has 5 nitrogen and oxygen atoms in total. The summed E-state index contributed by atoms with van der Waals surface area (Å²) >= 11 is 0. The molecular formula is C31H41FN2O3. The van der Waals surface area contributed by atoms with Crippen LogP contribution in [0.2, 0.25) is 0 Å². The number of nitrogens with one attached hydrogen (secondary N) is 1. The van der Waals surface area contributed by atoms with Gasteiger partial charge in [0, 0.05) is 12.1 Å². The second-order valence-electron chi connectivity index (χ2n) is 12.0. The van der Waals surface area contributed by atoms with Crippen molar-refractivity contribution in [1.82, 2.24) is 10.2 Å². The van der Waals surface area contributed by atoms with Gasteiger partial charge in [0.2, 0.25) is 0 Å². The van der Waals surface area contributed by atoms with Gasteiger partial charge >= 0.3 is 6.09 Å². The van der Waals surface area contributed by atoms with E-state index in [4.69, 9.17) is 9.47 Å². The van der Waals surface area contributed by atoms with Crippen LogP contribution in [0.5, 0.6) is 5.75 Å². The van der Waals surface area contributed by atoms with Gasteiger partial charge in [-0.2, -0.15) is 0 Å². The summed E-state index contributed by atoms with van der Waals surface area (Å²) < 4.78 is 27.5. The minimum absolute atomic E-state index is 0.0523. The standard InChI is InChI=1S/C31H41FN2O3/c1-6-13-36-28-19(2)14-23(15-20(28)3)24-16-22-7-10-31(4,5)29(25(22)17-26(24)32)33-30(35)37-27-18-34-11-8-21(27)9-12-34/h14-17,21,27,29H,6-13,18H2,1-5H3,(H,33,35)/t27-,29+/m1/s1. The van der Waals surface area contributed by atoms with Gasteiger partial charge in [-0.25, -0.2) is 9.18 Å². The molecule has 1 amide bonds. The number of nitrogens with zero attached hydrogens (tertiary/aromatic N) is 1. The third-order valence-electron chi connectivity index (χ3n) is 8.70. The van der Waals surface area contributed by atoms with E-state index in [0.717, 1.165) is 85.3 Å². The van der Waals surface area contributed by atoms with Crippen LogP contribution < -0.4 is 10.1 Å². The number of halogens is 1. The number of carbonyl (C=O) groups is 1. The van der Waals surface area contributed by atoms with Crippen LogP contribution in [0.1, 0.15) is 74.8 Å². The summed E-state index contributed by atoms with van der Waals surface area (Å²) in [6.07, 6.45) is 4.43. The van der Waals surface area contributed by atoms with E-state index in [1.54, 1.807) is 6.07 Å². The number of piperidine rings is 3. The third kappa shape index (κ3) is 5.22. The van der Waals surface area contributed by atoms with Gasteiger partial charge in [0.05, 0.1) is 12.6 Å². The summed E-state index contributed by atoms with van der Waals surface area (Å²) in [4.78, 5) is 15.4. The first-order valence-electron chi connectivity index (χ1n) is 13.9. The molecule has 1 N–H and O–H groups in total. The van der Waals surface area contributed by atoms with Crippen molar-refractivity contribution in [3.8, 4) is 16.9 Å². The lowest BCUT2D eigenvalue weighted by molar-refractivity contribution is -0.0353. The summed E-state index contributed by atoms with van der Waals surface area (Å²) in [5, 5.41) is 3.14. The van der Waals surface area contributed by atoms with E-state index in [0.29, 0.717) is 18.1 Å². The van der Waals surface area contributed by atoms with Crippen LogP contribution in [0.3, 0.4) is 0 Å². The highest BCUT2D eigenvalue weighted by molar-refractivity contribution is 5.71. The molecule has 6 heteroatoms. The molecule has 0 aromatic heterocycles. The normalized spacial score (nSPS) is 25.9. The Kier molecular flexibility index (Phi) is 7.23. The topological polar surface area (TPSA) is 50.8 Å². The monoisotopic (exact) mass is 508 g/mol. The van der Waals surface area contributed by atoms with E-state index < -0.39 is 0 Å². The number of aryl methyl sites for hydroxylation is 3. The molecule has 3 heterocycles. The molecule has 4 aliphatic rings. The average Bonchev–Trinajstić information content (AvgIpc) is 2.86. The number of hydrogen-bond acceptors (Lipinski definition) is 4. The van der Waals surface area contributed by atoms with Crippen molar-refractivity contribution in [2.75, 3.05) is 26.2 Å². The average molecular weight is 509 g/mol. The summed E-state index contributed by atoms with van der Waals surface area (Å²) in [7, 11) is 0. The van der Waals surface area contributed by atoms with E-state index in [9.17, 15) is 4.79 Å². The molecule has 37 heavy (non-hydrogen) atoms. The fourth-order valence-corrected chi connectivity index (χ4v) is 6.51. The fraction of sp³-hybridized carbons (Fsp3) is 0.581. The zero-order chi connectivity index (χ0) is 26.3. The predicted molar refractivity (Wildman–Crippen MR) is 145 cm³/mol. The van der Waals surface area contributed by atoms with Crippen molar-refractivity contribution < 1.29 is 18.7 Å². The molecular weight excluding hydrogens is 467 g/mol. The molecule has 2 aromatic carbocycles. The van der Waals surface area contributed by atoms with Gasteiger partial charge in [0.1, 0.15) is 17.7 Å². The third-order valence-corrected chi connectivity index (χ3v) is 8.70. The Hall–Kier alpha value is -2.60. The Bertz CT molecular complexity index is 1150. The van der Waals surface area contributed by atoms with E-state index >= 15 is 4.39 Å². The van der Waals surface area contributed by atoms with Crippen molar-refractivity contribution in [3.05, 3.63) is 52.3 Å². The molecule has 1 aliphatic carbocycles. The van der Waals surface area contributed by atoms with Gasteiger partial charge in [0.15, 0.2) is 0 Å². The van der Waals surface area contributed by atoms with Crippen molar-refractivity contribution in [1.29, 1.82) is 0 Å². The predicted octanol–water partition coefficient (Wildman–Crippen LogP) is 6.73. The van der Waals surface area contributed by atoms with Gasteiger partial charge < -0.3 is 14.8 Å². The van der Waals surface area contributed by atoms with Crippen LogP contribution in [0.4, 0.5) is 9.18 Å². The lowest BCUT2D eigenvalue weighted by Gasteiger charge is -2.44. The molecule has 2 bridgehead atoms. The highest BCUT2D eigenvalue weighted by Crippen LogP contribution is 2.45. The Labute approximate surface area is 220 Å². The molecule has 0 spiro atoms. The van der Waals surface area contributed by atoms with Crippen LogP contribution in [0, 0.1) is 31.0 Å². The maximum Gasteiger partial charge on any atom is 0.407 e. The zero-order valence-electron chi connectivity index (χ0n) is 23.0. The molecule has 3 fully saturated rings. The van der Waals surface area contributed by atoms with Crippen molar-refractivity contribution in [2.45, 2.75) is 78.9 Å². The molecule has 0 radical (unpaired) electrons. The van der Waals surface area contributed by atoms with Crippen molar-refractivity contribution in [3.63, 3.8) is 0 Å². The summed E-state index contributed by atoms with van der Waals surface area (Å²) in [5.74, 6) is 1.07. The minimum Gasteiger partial charge on any atom is -0.493 e. The molecule has 3 saturated heterocycles. The van der Waals surface area contributed by atoms with Crippen LogP contribution >= 0.6 is 0 Å². The lowest BCUT2D eigenvalue weighted by atomic mass is 9.70. The Morgan fingerprint density at radius 1 is 1.14 bits per heavy atom. The van der Waals surface area contributed by atoms with Crippen molar-refractivity contribution >= 4 is 6.09 Å². The molecule has 200 valence electrons. The lowest BCUT2D eigenvalue weighted by Crippen LogP contribution is -2.53. The number of amides is 1. The number of alkyl carbamates (subject to hydrolysis) is 1. The van der Waals surface area contributed by atoms with Gasteiger partial charge in [-0.15, -0.1) is 0 Å². The van der Waals surface area contributed by atoms with Crippen molar-refractivity contribution in [2.24, 2.45) is 11.3 Å².